The highest BCUT2D eigenvalue weighted by Gasteiger charge is 2.93. The molecule has 2 N–H and O–H groups in total. The molecule has 6 heterocycles. The summed E-state index contributed by atoms with van der Waals surface area (Å²) in [5.74, 6) is -4.74. The number of fused-ring (bicyclic) bond motifs is 3. The fourth-order valence-electron chi connectivity index (χ4n) is 10.1. The Morgan fingerprint density at radius 3 is 2.59 bits per heavy atom. The number of rotatable bonds is 2. The second-order valence-electron chi connectivity index (χ2n) is 13.5. The average molecular weight is 543 g/mol. The molecule has 0 aromatic rings. The number of aliphatic hydroxyl groups excluding tert-OH is 2. The summed E-state index contributed by atoms with van der Waals surface area (Å²) in [7, 11) is 0. The fraction of sp³-hybridized carbons (Fsp3) is 0.767. The van der Waals surface area contributed by atoms with Crippen LogP contribution in [0.5, 0.6) is 0 Å². The average Bonchev–Trinajstić information content (AvgIpc) is 3.39. The molecule has 3 spiro atoms. The van der Waals surface area contributed by atoms with Gasteiger partial charge >= 0.3 is 5.97 Å². The molecule has 8 aliphatic rings. The zero-order valence-electron chi connectivity index (χ0n) is 22.9. The van der Waals surface area contributed by atoms with Crippen LogP contribution in [-0.4, -0.2) is 75.3 Å². The van der Waals surface area contributed by atoms with Crippen molar-refractivity contribution in [3.8, 4) is 0 Å². The number of carbonyl (C=O) groups is 1. The van der Waals surface area contributed by atoms with Gasteiger partial charge < -0.3 is 38.6 Å². The lowest BCUT2D eigenvalue weighted by Crippen LogP contribution is -2.75. The number of aliphatic hydroxyl groups is 2. The first kappa shape index (κ1) is 25.1. The number of esters is 1. The van der Waals surface area contributed by atoms with Gasteiger partial charge in [-0.3, -0.25) is 0 Å². The predicted molar refractivity (Wildman–Crippen MR) is 135 cm³/mol. The molecule has 5 bridgehead atoms. The maximum Gasteiger partial charge on any atom is 0.344 e. The van der Waals surface area contributed by atoms with Crippen molar-refractivity contribution in [1.29, 1.82) is 0 Å². The SMILES string of the molecule is C=C(C)[C@]12C[C@@H](C)[C@]34OC5(C/C=C/C/C=C/C[C@@H](C)[C@@H]6[C@@H]3[C@]3(O[C@]6(C)OC3=O)[C@H](O)[C@@]3(CO)O[C@H]3[C@H]4[C@H]1O5)O2. The van der Waals surface area contributed by atoms with Gasteiger partial charge in [0.05, 0.1) is 12.2 Å². The molecule has 39 heavy (non-hydrogen) atoms. The molecule has 0 amide bonds. The third-order valence-corrected chi connectivity index (χ3v) is 11.6. The minimum absolute atomic E-state index is 0.0274. The second-order valence-corrected chi connectivity index (χ2v) is 13.5. The molecular formula is C30H38O9. The van der Waals surface area contributed by atoms with Crippen molar-refractivity contribution in [2.24, 2.45) is 29.6 Å². The molecule has 6 aliphatic heterocycles. The van der Waals surface area contributed by atoms with Gasteiger partial charge in [-0.1, -0.05) is 44.7 Å². The van der Waals surface area contributed by atoms with Crippen LogP contribution in [0.2, 0.25) is 0 Å². The molecule has 0 radical (unpaired) electrons. The van der Waals surface area contributed by atoms with Crippen LogP contribution in [0.25, 0.3) is 0 Å². The van der Waals surface area contributed by atoms with Crippen LogP contribution in [-0.2, 0) is 33.2 Å². The third-order valence-electron chi connectivity index (χ3n) is 11.6. The summed E-state index contributed by atoms with van der Waals surface area (Å²) < 4.78 is 39.9. The zero-order chi connectivity index (χ0) is 27.4. The molecule has 2 aliphatic carbocycles. The van der Waals surface area contributed by atoms with Crippen LogP contribution < -0.4 is 0 Å². The van der Waals surface area contributed by atoms with Gasteiger partial charge in [0.15, 0.2) is 0 Å². The monoisotopic (exact) mass is 542 g/mol. The van der Waals surface area contributed by atoms with Crippen molar-refractivity contribution >= 4 is 5.97 Å². The van der Waals surface area contributed by atoms with E-state index < -0.39 is 76.9 Å². The fourth-order valence-corrected chi connectivity index (χ4v) is 10.1. The predicted octanol–water partition coefficient (Wildman–Crippen LogP) is 2.51. The Bertz CT molecular complexity index is 1230. The largest absolute Gasteiger partial charge is 0.431 e. The lowest BCUT2D eigenvalue weighted by atomic mass is 9.50. The molecule has 212 valence electrons. The third kappa shape index (κ3) is 2.53. The van der Waals surface area contributed by atoms with Gasteiger partial charge in [-0.05, 0) is 43.6 Å². The van der Waals surface area contributed by atoms with E-state index in [0.717, 1.165) is 18.4 Å². The van der Waals surface area contributed by atoms with Crippen LogP contribution in [0.3, 0.4) is 0 Å². The Morgan fingerprint density at radius 2 is 1.85 bits per heavy atom. The molecule has 8 rings (SSSR count). The summed E-state index contributed by atoms with van der Waals surface area (Å²) in [6.07, 6.45) is 8.25. The Balaban J connectivity index is 1.45. The second kappa shape index (κ2) is 7.24. The van der Waals surface area contributed by atoms with Crippen molar-refractivity contribution in [1.82, 2.24) is 0 Å². The summed E-state index contributed by atoms with van der Waals surface area (Å²) >= 11 is 0. The smallest absolute Gasteiger partial charge is 0.344 e. The van der Waals surface area contributed by atoms with E-state index in [1.165, 1.54) is 0 Å². The Labute approximate surface area is 228 Å². The number of carbonyl (C=O) groups excluding carboxylic acids is 1. The summed E-state index contributed by atoms with van der Waals surface area (Å²) in [6, 6.07) is 0. The Hall–Kier alpha value is -1.59. The number of epoxide rings is 1. The lowest BCUT2D eigenvalue weighted by molar-refractivity contribution is -0.431. The van der Waals surface area contributed by atoms with Crippen LogP contribution in [0, 0.1) is 29.6 Å². The first-order valence-corrected chi connectivity index (χ1v) is 14.4. The zero-order valence-corrected chi connectivity index (χ0v) is 22.9. The molecule has 7 fully saturated rings. The Kier molecular flexibility index (Phi) is 4.67. The van der Waals surface area contributed by atoms with Gasteiger partial charge in [-0.15, -0.1) is 0 Å². The molecule has 1 unspecified atom stereocenters. The summed E-state index contributed by atoms with van der Waals surface area (Å²) in [5.41, 5.74) is -4.21. The van der Waals surface area contributed by atoms with Crippen molar-refractivity contribution < 1.29 is 43.4 Å². The molecule has 0 aromatic carbocycles. The maximum absolute atomic E-state index is 14.0. The maximum atomic E-state index is 14.0. The molecular weight excluding hydrogens is 504 g/mol. The number of allylic oxidation sites excluding steroid dienone is 3. The van der Waals surface area contributed by atoms with Crippen LogP contribution >= 0.6 is 0 Å². The van der Waals surface area contributed by atoms with Gasteiger partial charge in [0.25, 0.3) is 5.97 Å². The molecule has 14 atom stereocenters. The standard InChI is InChI=1S/C30H38O9/c1-15(2)26-13-17(4)29-19-21(26)35-28(38-26,39-29)12-10-8-6-7-9-11-16(3)18-20(29)30(24(33)36-25(18,5)37-30)23(32)27(14-31)22(19)34-27/h7-10,16-23,31-32H,1,6,11-14H2,2-5H3/b9-7+,10-8+/t16-,17-,18-,19-,20+,21-,22+,23-,25+,26-,27+,28?,29-,30+/m1/s1. The molecule has 9 heteroatoms. The van der Waals surface area contributed by atoms with Gasteiger partial charge in [-0.25, -0.2) is 4.79 Å². The van der Waals surface area contributed by atoms with E-state index >= 15 is 0 Å². The minimum atomic E-state index is -1.77. The highest BCUT2D eigenvalue weighted by molar-refractivity contribution is 5.85. The topological polar surface area (TPSA) is 116 Å². The summed E-state index contributed by atoms with van der Waals surface area (Å²) in [5, 5.41) is 22.9. The van der Waals surface area contributed by atoms with E-state index in [1.807, 2.05) is 13.0 Å². The first-order valence-electron chi connectivity index (χ1n) is 14.4. The van der Waals surface area contributed by atoms with Crippen molar-refractivity contribution in [3.63, 3.8) is 0 Å². The number of hydrogen-bond donors (Lipinski definition) is 2. The van der Waals surface area contributed by atoms with Crippen molar-refractivity contribution in [2.75, 3.05) is 6.61 Å². The quantitative estimate of drug-likeness (QED) is 0.308. The van der Waals surface area contributed by atoms with Crippen LogP contribution in [0.15, 0.2) is 36.5 Å². The normalized spacial score (nSPS) is 63.2. The van der Waals surface area contributed by atoms with Gasteiger partial charge in [-0.2, -0.15) is 0 Å². The molecule has 2 saturated carbocycles. The Morgan fingerprint density at radius 1 is 1.08 bits per heavy atom. The van der Waals surface area contributed by atoms with Gasteiger partial charge in [0.1, 0.15) is 29.5 Å². The molecule has 9 nitrogen and oxygen atoms in total. The van der Waals surface area contributed by atoms with E-state index in [0.29, 0.717) is 12.8 Å². The summed E-state index contributed by atoms with van der Waals surface area (Å²) in [6.45, 7) is 11.9. The van der Waals surface area contributed by atoms with Crippen molar-refractivity contribution in [3.05, 3.63) is 36.5 Å². The van der Waals surface area contributed by atoms with Crippen LogP contribution in [0.4, 0.5) is 0 Å². The van der Waals surface area contributed by atoms with E-state index in [2.05, 4.69) is 38.7 Å². The lowest BCUT2D eigenvalue weighted by Gasteiger charge is -2.61. The van der Waals surface area contributed by atoms with Crippen molar-refractivity contribution in [2.45, 2.75) is 106 Å². The number of hydrogen-bond acceptors (Lipinski definition) is 9. The molecule has 0 aromatic heterocycles. The van der Waals surface area contributed by atoms with Gasteiger partial charge in [0, 0.05) is 31.1 Å². The van der Waals surface area contributed by atoms with Crippen LogP contribution in [0.1, 0.15) is 53.4 Å². The molecule has 5 saturated heterocycles. The van der Waals surface area contributed by atoms with E-state index in [9.17, 15) is 15.0 Å². The van der Waals surface area contributed by atoms with E-state index in [4.69, 9.17) is 28.4 Å². The van der Waals surface area contributed by atoms with Gasteiger partial charge in [0.2, 0.25) is 11.4 Å². The number of ether oxygens (including phenoxy) is 6. The summed E-state index contributed by atoms with van der Waals surface area (Å²) in [4.78, 5) is 14.0. The van der Waals surface area contributed by atoms with E-state index in [-0.39, 0.29) is 17.8 Å². The first-order chi connectivity index (χ1) is 18.5. The highest BCUT2D eigenvalue weighted by atomic mass is 16.9. The minimum Gasteiger partial charge on any atom is -0.431 e. The van der Waals surface area contributed by atoms with E-state index in [1.54, 1.807) is 6.92 Å². The highest BCUT2D eigenvalue weighted by Crippen LogP contribution is 2.77.